The summed E-state index contributed by atoms with van der Waals surface area (Å²) in [7, 11) is -3.76. The number of sulfonamides is 1. The summed E-state index contributed by atoms with van der Waals surface area (Å²) in [6.07, 6.45) is 0.0497. The van der Waals surface area contributed by atoms with E-state index in [1.54, 1.807) is 17.5 Å². The number of benzene rings is 2. The maximum Gasteiger partial charge on any atom is 0.263 e. The number of thiazole rings is 1. The molecule has 1 aromatic heterocycles. The zero-order valence-corrected chi connectivity index (χ0v) is 15.7. The van der Waals surface area contributed by atoms with Crippen molar-refractivity contribution in [1.29, 1.82) is 0 Å². The first-order valence-electron chi connectivity index (χ1n) is 7.50. The second-order valence-corrected chi connectivity index (χ2v) is 8.27. The van der Waals surface area contributed by atoms with Crippen molar-refractivity contribution in [2.24, 2.45) is 0 Å². The minimum Gasteiger partial charge on any atom is -0.326 e. The number of nitrogens with zero attached hydrogens (tertiary/aromatic N) is 1. The Labute approximate surface area is 159 Å². The zero-order chi connectivity index (χ0) is 18.6. The molecule has 9 heteroatoms. The third-order valence-electron chi connectivity index (χ3n) is 3.30. The molecule has 2 N–H and O–H groups in total. The monoisotopic (exact) mass is 407 g/mol. The van der Waals surface area contributed by atoms with Gasteiger partial charge in [0.2, 0.25) is 5.91 Å². The maximum atomic E-state index is 12.3. The summed E-state index contributed by atoms with van der Waals surface area (Å²) in [6, 6.07) is 14.9. The van der Waals surface area contributed by atoms with Gasteiger partial charge in [-0.1, -0.05) is 29.8 Å². The predicted octanol–water partition coefficient (Wildman–Crippen LogP) is 3.78. The van der Waals surface area contributed by atoms with Crippen molar-refractivity contribution in [2.75, 3.05) is 10.0 Å². The zero-order valence-electron chi connectivity index (χ0n) is 13.3. The van der Waals surface area contributed by atoms with Crippen LogP contribution in [0.15, 0.2) is 64.9 Å². The first kappa shape index (κ1) is 18.4. The van der Waals surface area contributed by atoms with Crippen LogP contribution in [0, 0.1) is 0 Å². The van der Waals surface area contributed by atoms with E-state index in [-0.39, 0.29) is 22.4 Å². The fourth-order valence-electron chi connectivity index (χ4n) is 2.11. The highest BCUT2D eigenvalue weighted by atomic mass is 35.5. The fourth-order valence-corrected chi connectivity index (χ4v) is 4.20. The van der Waals surface area contributed by atoms with Crippen molar-refractivity contribution >= 4 is 49.7 Å². The number of rotatable bonds is 6. The van der Waals surface area contributed by atoms with E-state index >= 15 is 0 Å². The van der Waals surface area contributed by atoms with Crippen molar-refractivity contribution in [2.45, 2.75) is 11.3 Å². The molecule has 134 valence electrons. The lowest BCUT2D eigenvalue weighted by Crippen LogP contribution is -2.15. The van der Waals surface area contributed by atoms with Crippen LogP contribution in [0.4, 0.5) is 10.8 Å². The van der Waals surface area contributed by atoms with Gasteiger partial charge in [0, 0.05) is 16.1 Å². The molecule has 0 spiro atoms. The lowest BCUT2D eigenvalue weighted by molar-refractivity contribution is -0.115. The highest BCUT2D eigenvalue weighted by Gasteiger charge is 2.16. The molecule has 0 atom stereocenters. The minimum absolute atomic E-state index is 0.0497. The van der Waals surface area contributed by atoms with Crippen LogP contribution in [0.25, 0.3) is 0 Å². The van der Waals surface area contributed by atoms with Crippen molar-refractivity contribution in [1.82, 2.24) is 4.98 Å². The molecule has 0 aliphatic rings. The number of hydrogen-bond acceptors (Lipinski definition) is 5. The Bertz CT molecular complexity index is 1000. The van der Waals surface area contributed by atoms with Gasteiger partial charge in [-0.15, -0.1) is 11.3 Å². The van der Waals surface area contributed by atoms with Crippen molar-refractivity contribution < 1.29 is 13.2 Å². The van der Waals surface area contributed by atoms with E-state index in [0.29, 0.717) is 16.4 Å². The molecule has 1 amide bonds. The Morgan fingerprint density at radius 2 is 1.77 bits per heavy atom. The molecule has 1 heterocycles. The van der Waals surface area contributed by atoms with Crippen LogP contribution in [0.2, 0.25) is 5.02 Å². The van der Waals surface area contributed by atoms with Crippen LogP contribution >= 0.6 is 22.9 Å². The highest BCUT2D eigenvalue weighted by molar-refractivity contribution is 7.93. The molecule has 0 unspecified atom stereocenters. The van der Waals surface area contributed by atoms with Gasteiger partial charge in [0.05, 0.1) is 17.0 Å². The van der Waals surface area contributed by atoms with Crippen LogP contribution in [0.5, 0.6) is 0 Å². The third kappa shape index (κ3) is 4.81. The summed E-state index contributed by atoms with van der Waals surface area (Å²) in [6.45, 7) is 0. The number of anilines is 2. The second kappa shape index (κ2) is 7.86. The predicted molar refractivity (Wildman–Crippen MR) is 103 cm³/mol. The first-order valence-corrected chi connectivity index (χ1v) is 10.2. The van der Waals surface area contributed by atoms with Gasteiger partial charge in [0.25, 0.3) is 10.0 Å². The molecule has 0 saturated carbocycles. The van der Waals surface area contributed by atoms with Crippen LogP contribution in [0.3, 0.4) is 0 Å². The van der Waals surface area contributed by atoms with Crippen LogP contribution in [0.1, 0.15) is 5.69 Å². The molecule has 0 aliphatic heterocycles. The Morgan fingerprint density at radius 3 is 2.46 bits per heavy atom. The summed E-state index contributed by atoms with van der Waals surface area (Å²) >= 11 is 6.88. The molecule has 3 aromatic rings. The molecule has 26 heavy (non-hydrogen) atoms. The molecule has 6 nitrogen and oxygen atoms in total. The van der Waals surface area contributed by atoms with Crippen molar-refractivity contribution in [3.8, 4) is 0 Å². The maximum absolute atomic E-state index is 12.3. The third-order valence-corrected chi connectivity index (χ3v) is 5.84. The van der Waals surface area contributed by atoms with E-state index in [1.165, 1.54) is 24.3 Å². The number of carbonyl (C=O) groups is 1. The van der Waals surface area contributed by atoms with E-state index in [2.05, 4.69) is 15.0 Å². The quantitative estimate of drug-likeness (QED) is 0.650. The number of amides is 1. The number of halogens is 1. The van der Waals surface area contributed by atoms with Gasteiger partial charge in [-0.05, 0) is 36.4 Å². The van der Waals surface area contributed by atoms with Crippen LogP contribution in [-0.4, -0.2) is 19.3 Å². The minimum atomic E-state index is -3.76. The number of aromatic nitrogens is 1. The molecule has 0 bridgehead atoms. The van der Waals surface area contributed by atoms with E-state index in [0.717, 1.165) is 11.3 Å². The van der Waals surface area contributed by atoms with Gasteiger partial charge in [-0.3, -0.25) is 9.52 Å². The average Bonchev–Trinajstić information content (AvgIpc) is 3.02. The Balaban J connectivity index is 1.64. The standard InChI is InChI=1S/C17H14ClN3O3S2/c18-12-6-8-15(9-7-12)26(23,24)21-17-20-14(11-25-17)10-16(22)19-13-4-2-1-3-5-13/h1-9,11H,10H2,(H,19,22)(H,20,21). The van der Waals surface area contributed by atoms with Crippen molar-refractivity contribution in [3.05, 3.63) is 70.7 Å². The number of carbonyl (C=O) groups excluding carboxylic acids is 1. The summed E-state index contributed by atoms with van der Waals surface area (Å²) < 4.78 is 27.0. The van der Waals surface area contributed by atoms with Gasteiger partial charge in [0.15, 0.2) is 5.13 Å². The van der Waals surface area contributed by atoms with Gasteiger partial charge >= 0.3 is 0 Å². The van der Waals surface area contributed by atoms with Gasteiger partial charge in [-0.25, -0.2) is 13.4 Å². The molecule has 0 aliphatic carbocycles. The summed E-state index contributed by atoms with van der Waals surface area (Å²) in [4.78, 5) is 16.3. The van der Waals surface area contributed by atoms with Crippen LogP contribution in [-0.2, 0) is 21.2 Å². The number of hydrogen-bond donors (Lipinski definition) is 2. The van der Waals surface area contributed by atoms with Crippen LogP contribution < -0.4 is 10.0 Å². The van der Waals surface area contributed by atoms with Gasteiger partial charge in [0.1, 0.15) is 0 Å². The second-order valence-electron chi connectivity index (χ2n) is 5.29. The molecule has 0 radical (unpaired) electrons. The smallest absolute Gasteiger partial charge is 0.263 e. The molecule has 0 saturated heterocycles. The Hall–Kier alpha value is -2.42. The fraction of sp³-hybridized carbons (Fsp3) is 0.0588. The normalized spacial score (nSPS) is 11.1. The van der Waals surface area contributed by atoms with E-state index in [4.69, 9.17) is 11.6 Å². The SMILES string of the molecule is O=C(Cc1csc(NS(=O)(=O)c2ccc(Cl)cc2)n1)Nc1ccccc1. The van der Waals surface area contributed by atoms with Crippen molar-refractivity contribution in [3.63, 3.8) is 0 Å². The average molecular weight is 408 g/mol. The largest absolute Gasteiger partial charge is 0.326 e. The number of para-hydroxylation sites is 1. The first-order chi connectivity index (χ1) is 12.4. The van der Waals surface area contributed by atoms with Gasteiger partial charge in [-0.2, -0.15) is 0 Å². The van der Waals surface area contributed by atoms with E-state index in [9.17, 15) is 13.2 Å². The lowest BCUT2D eigenvalue weighted by Gasteiger charge is -2.05. The summed E-state index contributed by atoms with van der Waals surface area (Å²) in [5.41, 5.74) is 1.17. The Morgan fingerprint density at radius 1 is 1.08 bits per heavy atom. The molecular weight excluding hydrogens is 394 g/mol. The van der Waals surface area contributed by atoms with E-state index in [1.807, 2.05) is 18.2 Å². The molecular formula is C17H14ClN3O3S2. The van der Waals surface area contributed by atoms with E-state index < -0.39 is 10.0 Å². The summed E-state index contributed by atoms with van der Waals surface area (Å²) in [5.74, 6) is -0.228. The lowest BCUT2D eigenvalue weighted by atomic mass is 10.3. The Kier molecular flexibility index (Phi) is 5.55. The molecule has 0 fully saturated rings. The molecule has 3 rings (SSSR count). The highest BCUT2D eigenvalue weighted by Crippen LogP contribution is 2.21. The summed E-state index contributed by atoms with van der Waals surface area (Å²) in [5, 5.41) is 5.04. The molecule has 2 aromatic carbocycles. The number of nitrogens with one attached hydrogen (secondary N) is 2. The van der Waals surface area contributed by atoms with Gasteiger partial charge < -0.3 is 5.32 Å². The topological polar surface area (TPSA) is 88.2 Å².